The zero-order valence-corrected chi connectivity index (χ0v) is 39.3. The van der Waals surface area contributed by atoms with E-state index in [-0.39, 0.29) is 56.1 Å². The van der Waals surface area contributed by atoms with Gasteiger partial charge < -0.3 is 74.9 Å². The summed E-state index contributed by atoms with van der Waals surface area (Å²) < 4.78 is 0. The number of carboxylic acids is 1. The number of hydrogen-bond acceptors (Lipinski definition) is 16. The molecule has 0 bridgehead atoms. The Kier molecular flexibility index (Phi) is 27.2. The standard InChI is InChI=1S/C39H67N13O12S2/c1-19(2)11-25(36(60)51-28(17-66)39(63)64)48-37(61)26(12-21-13-43-18-45-21)49-38(62)31(20(3)4)52-30(55)14-44-33(57)27(15-53)50-34(58)23(7-5-6-10-40)47-35(59)24(8-9-29(42)54)46-32(56)22(41)16-65/h13,18-20,22-28,31,53,65-66H,5-12,14-17,40-41H2,1-4H3,(H2,42,54)(H,43,45)(H,44,57)(H,46,56)(H,47,59)(H,48,61)(H,49,62)(H,50,58)(H,51,60)(H,52,55)(H,63,64)/t22-,23-,24-,25-,26-,27-,28-,31-/m0/s1. The van der Waals surface area contributed by atoms with Gasteiger partial charge in [0.2, 0.25) is 53.2 Å². The Balaban J connectivity index is 3.14. The Bertz CT molecular complexity index is 1790. The van der Waals surface area contributed by atoms with E-state index in [1.165, 1.54) is 12.5 Å². The first-order chi connectivity index (χ1) is 31.1. The number of carbonyl (C=O) groups is 10. The molecule has 1 aromatic rings. The number of thiol groups is 2. The third-order valence-corrected chi connectivity index (χ3v) is 10.4. The van der Waals surface area contributed by atoms with Gasteiger partial charge in [-0.2, -0.15) is 25.3 Å². The van der Waals surface area contributed by atoms with Gasteiger partial charge in [0, 0.05) is 36.2 Å². The molecule has 0 aliphatic carbocycles. The number of nitrogens with one attached hydrogen (secondary N) is 9. The lowest BCUT2D eigenvalue weighted by Gasteiger charge is -2.27. The number of H-pyrrole nitrogens is 1. The highest BCUT2D eigenvalue weighted by Crippen LogP contribution is 2.10. The molecule has 17 N–H and O–H groups in total. The predicted octanol–water partition coefficient (Wildman–Crippen LogP) is -5.18. The van der Waals surface area contributed by atoms with Crippen molar-refractivity contribution in [3.8, 4) is 0 Å². The second-order valence-corrected chi connectivity index (χ2v) is 16.8. The second kappa shape index (κ2) is 30.6. The van der Waals surface area contributed by atoms with Crippen LogP contribution in [0.5, 0.6) is 0 Å². The van der Waals surface area contributed by atoms with Crippen LogP contribution in [0.15, 0.2) is 12.5 Å². The molecule has 1 heterocycles. The number of aromatic nitrogens is 2. The fraction of sp³-hybridized carbons (Fsp3) is 0.667. The van der Waals surface area contributed by atoms with Crippen LogP contribution >= 0.6 is 25.3 Å². The Hall–Kier alpha value is -5.51. The number of carboxylic acid groups (broad SMARTS) is 1. The first-order valence-electron chi connectivity index (χ1n) is 21.2. The molecule has 0 radical (unpaired) electrons. The normalized spacial score (nSPS) is 14.8. The molecular formula is C39H67N13O12S2. The molecular weight excluding hydrogens is 907 g/mol. The number of nitrogens with zero attached hydrogens (tertiary/aromatic N) is 1. The number of primary amides is 1. The molecule has 0 spiro atoms. The predicted molar refractivity (Wildman–Crippen MR) is 245 cm³/mol. The van der Waals surface area contributed by atoms with Gasteiger partial charge in [0.1, 0.15) is 42.3 Å². The molecule has 0 saturated heterocycles. The zero-order chi connectivity index (χ0) is 50.1. The highest BCUT2D eigenvalue weighted by molar-refractivity contribution is 7.80. The van der Waals surface area contributed by atoms with Crippen molar-refractivity contribution in [2.75, 3.05) is 31.2 Å². The Labute approximate surface area is 393 Å². The molecule has 0 saturated carbocycles. The van der Waals surface area contributed by atoms with Crippen LogP contribution in [-0.2, 0) is 54.4 Å². The average molecular weight is 974 g/mol. The molecule has 1 aromatic heterocycles. The van der Waals surface area contributed by atoms with E-state index in [4.69, 9.17) is 17.2 Å². The Morgan fingerprint density at radius 2 is 1.24 bits per heavy atom. The molecule has 372 valence electrons. The van der Waals surface area contributed by atoms with E-state index < -0.39 is 127 Å². The number of carbonyl (C=O) groups excluding carboxylic acids is 9. The number of unbranched alkanes of at least 4 members (excludes halogenated alkanes) is 1. The maximum atomic E-state index is 13.7. The quantitative estimate of drug-likeness (QED) is 0.0237. The lowest BCUT2D eigenvalue weighted by Crippen LogP contribution is -2.60. The number of aliphatic hydroxyl groups is 1. The third kappa shape index (κ3) is 21.7. The smallest absolute Gasteiger partial charge is 0.327 e. The minimum Gasteiger partial charge on any atom is -0.480 e. The molecule has 0 fully saturated rings. The van der Waals surface area contributed by atoms with Crippen molar-refractivity contribution in [2.24, 2.45) is 29.0 Å². The van der Waals surface area contributed by atoms with Crippen molar-refractivity contribution in [1.82, 2.24) is 52.5 Å². The largest absolute Gasteiger partial charge is 0.480 e. The lowest BCUT2D eigenvalue weighted by atomic mass is 10.0. The molecule has 66 heavy (non-hydrogen) atoms. The summed E-state index contributed by atoms with van der Waals surface area (Å²) in [6.07, 6.45) is 2.96. The van der Waals surface area contributed by atoms with Gasteiger partial charge >= 0.3 is 5.97 Å². The minimum atomic E-state index is -1.64. The second-order valence-electron chi connectivity index (χ2n) is 16.1. The fourth-order valence-corrected chi connectivity index (χ4v) is 6.40. The van der Waals surface area contributed by atoms with E-state index in [0.29, 0.717) is 18.5 Å². The van der Waals surface area contributed by atoms with Gasteiger partial charge in [-0.25, -0.2) is 9.78 Å². The van der Waals surface area contributed by atoms with Gasteiger partial charge in [-0.1, -0.05) is 27.7 Å². The van der Waals surface area contributed by atoms with Crippen molar-refractivity contribution in [3.05, 3.63) is 18.2 Å². The molecule has 0 aliphatic rings. The van der Waals surface area contributed by atoms with E-state index >= 15 is 0 Å². The molecule has 0 aromatic carbocycles. The first-order valence-corrected chi connectivity index (χ1v) is 22.5. The third-order valence-electron chi connectivity index (χ3n) is 9.68. The number of aliphatic hydroxyl groups excluding tert-OH is 1. The van der Waals surface area contributed by atoms with Crippen LogP contribution in [0.25, 0.3) is 0 Å². The SMILES string of the molecule is CC(C)C[C@H](NC(=O)[C@H](Cc1cnc[nH]1)NC(=O)[C@@H](NC(=O)CNC(=O)[C@H](CO)NC(=O)[C@H](CCCCN)NC(=O)[C@H](CCC(N)=O)NC(=O)[C@@H](N)CS)C(C)C)C(=O)N[C@@H](CS)C(=O)O. The van der Waals surface area contributed by atoms with Gasteiger partial charge in [-0.05, 0) is 50.5 Å². The lowest BCUT2D eigenvalue weighted by molar-refractivity contribution is -0.141. The van der Waals surface area contributed by atoms with Gasteiger partial charge in [0.25, 0.3) is 0 Å². The summed E-state index contributed by atoms with van der Waals surface area (Å²) in [4.78, 5) is 136. The van der Waals surface area contributed by atoms with Crippen LogP contribution in [0.4, 0.5) is 0 Å². The number of aliphatic carboxylic acids is 1. The van der Waals surface area contributed by atoms with E-state index in [9.17, 15) is 58.2 Å². The van der Waals surface area contributed by atoms with Gasteiger partial charge in [-0.15, -0.1) is 0 Å². The topological polar surface area (TPSA) is 414 Å². The van der Waals surface area contributed by atoms with E-state index in [1.807, 2.05) is 0 Å². The van der Waals surface area contributed by atoms with Gasteiger partial charge in [0.05, 0.1) is 25.5 Å². The van der Waals surface area contributed by atoms with E-state index in [2.05, 4.69) is 77.8 Å². The summed E-state index contributed by atoms with van der Waals surface area (Å²) in [6, 6.07) is -10.6. The Morgan fingerprint density at radius 3 is 1.76 bits per heavy atom. The number of amides is 9. The van der Waals surface area contributed by atoms with Crippen molar-refractivity contribution >= 4 is 84.4 Å². The molecule has 0 aliphatic heterocycles. The summed E-state index contributed by atoms with van der Waals surface area (Å²) in [7, 11) is 0. The summed E-state index contributed by atoms with van der Waals surface area (Å²) >= 11 is 7.93. The molecule has 1 rings (SSSR count). The maximum absolute atomic E-state index is 13.7. The first kappa shape index (κ1) is 58.5. The minimum absolute atomic E-state index is 0.00410. The van der Waals surface area contributed by atoms with Crippen LogP contribution in [0.1, 0.15) is 71.9 Å². The molecule has 9 amide bonds. The van der Waals surface area contributed by atoms with Crippen LogP contribution in [0.3, 0.4) is 0 Å². The molecule has 0 unspecified atom stereocenters. The number of nitrogens with two attached hydrogens (primary N) is 3. The molecule has 25 nitrogen and oxygen atoms in total. The maximum Gasteiger partial charge on any atom is 0.327 e. The van der Waals surface area contributed by atoms with Gasteiger partial charge in [-0.3, -0.25) is 43.2 Å². The number of imidazole rings is 1. The van der Waals surface area contributed by atoms with Crippen molar-refractivity contribution < 1.29 is 58.2 Å². The molecule has 27 heteroatoms. The molecule has 8 atom stereocenters. The van der Waals surface area contributed by atoms with E-state index in [0.717, 1.165) is 0 Å². The van der Waals surface area contributed by atoms with Crippen LogP contribution in [0, 0.1) is 11.8 Å². The van der Waals surface area contributed by atoms with Crippen molar-refractivity contribution in [3.63, 3.8) is 0 Å². The fourth-order valence-electron chi connectivity index (χ4n) is 5.99. The summed E-state index contributed by atoms with van der Waals surface area (Å²) in [5.41, 5.74) is 17.0. The highest BCUT2D eigenvalue weighted by atomic mass is 32.1. The van der Waals surface area contributed by atoms with Crippen molar-refractivity contribution in [2.45, 2.75) is 121 Å². The van der Waals surface area contributed by atoms with Crippen molar-refractivity contribution in [1.29, 1.82) is 0 Å². The highest BCUT2D eigenvalue weighted by Gasteiger charge is 2.34. The Morgan fingerprint density at radius 1 is 0.697 bits per heavy atom. The summed E-state index contributed by atoms with van der Waals surface area (Å²) in [5, 5.41) is 39.0. The summed E-state index contributed by atoms with van der Waals surface area (Å²) in [5.74, 6) is -9.95. The summed E-state index contributed by atoms with van der Waals surface area (Å²) in [6.45, 7) is 5.32. The average Bonchev–Trinajstić information content (AvgIpc) is 3.78. The van der Waals surface area contributed by atoms with Gasteiger partial charge in [0.15, 0.2) is 0 Å². The number of hydrogen-bond donors (Lipinski definition) is 16. The number of aromatic amines is 1. The monoisotopic (exact) mass is 973 g/mol. The zero-order valence-electron chi connectivity index (χ0n) is 37.5. The van der Waals surface area contributed by atoms with E-state index in [1.54, 1.807) is 27.7 Å². The van der Waals surface area contributed by atoms with Crippen LogP contribution in [-0.4, -0.2) is 159 Å². The van der Waals surface area contributed by atoms with Crippen LogP contribution in [0.2, 0.25) is 0 Å². The number of rotatable bonds is 32. The van der Waals surface area contributed by atoms with Crippen LogP contribution < -0.4 is 59.7 Å².